The molecule has 32 heavy (non-hydrogen) atoms. The molecular weight excluding hydrogens is 444 g/mol. The Morgan fingerprint density at radius 1 is 1.41 bits per heavy atom. The summed E-state index contributed by atoms with van der Waals surface area (Å²) in [5.74, 6) is 0.554. The van der Waals surface area contributed by atoms with Gasteiger partial charge in [0, 0.05) is 35.3 Å². The first-order chi connectivity index (χ1) is 15.5. The molecule has 1 aliphatic carbocycles. The third-order valence-electron chi connectivity index (χ3n) is 5.93. The molecule has 0 spiro atoms. The van der Waals surface area contributed by atoms with E-state index in [9.17, 15) is 10.1 Å². The van der Waals surface area contributed by atoms with Gasteiger partial charge in [-0.15, -0.1) is 0 Å². The molecule has 7 nitrogen and oxygen atoms in total. The van der Waals surface area contributed by atoms with Crippen molar-refractivity contribution >= 4 is 46.0 Å². The number of allylic oxidation sites excluding steroid dienone is 2. The predicted octanol–water partition coefficient (Wildman–Crippen LogP) is 4.05. The SMILES string of the molecule is CCc1[nH]c2nc(Sc3ccc4c(c3)C(=O)C(C#N)=CC4)nc(N3CC[C@@H](N)C3)c2c1Cl. The van der Waals surface area contributed by atoms with E-state index in [1.165, 1.54) is 11.8 Å². The summed E-state index contributed by atoms with van der Waals surface area (Å²) in [6.07, 6.45) is 3.93. The normalized spacial score (nSPS) is 18.1. The van der Waals surface area contributed by atoms with Crippen molar-refractivity contribution in [2.24, 2.45) is 5.73 Å². The van der Waals surface area contributed by atoms with Crippen LogP contribution in [-0.2, 0) is 12.8 Å². The van der Waals surface area contributed by atoms with Gasteiger partial charge in [0.1, 0.15) is 17.5 Å². The zero-order chi connectivity index (χ0) is 22.4. The van der Waals surface area contributed by atoms with Gasteiger partial charge in [0.15, 0.2) is 5.16 Å². The van der Waals surface area contributed by atoms with E-state index in [1.54, 1.807) is 6.08 Å². The van der Waals surface area contributed by atoms with Gasteiger partial charge in [-0.3, -0.25) is 4.79 Å². The number of H-pyrrole nitrogens is 1. The molecule has 1 aliphatic heterocycles. The lowest BCUT2D eigenvalue weighted by Crippen LogP contribution is -2.27. The minimum absolute atomic E-state index is 0.105. The molecule has 2 aliphatic rings. The summed E-state index contributed by atoms with van der Waals surface area (Å²) < 4.78 is 0. The summed E-state index contributed by atoms with van der Waals surface area (Å²) in [5.41, 5.74) is 9.45. The number of aryl methyl sites for hydroxylation is 1. The van der Waals surface area contributed by atoms with Crippen LogP contribution in [-0.4, -0.2) is 39.9 Å². The Labute approximate surface area is 194 Å². The predicted molar refractivity (Wildman–Crippen MR) is 125 cm³/mol. The summed E-state index contributed by atoms with van der Waals surface area (Å²) in [6.45, 7) is 3.58. The van der Waals surface area contributed by atoms with Gasteiger partial charge in [-0.25, -0.2) is 9.97 Å². The fourth-order valence-electron chi connectivity index (χ4n) is 4.23. The molecule has 0 bridgehead atoms. The number of anilines is 1. The molecule has 0 amide bonds. The number of nitrogens with one attached hydrogen (secondary N) is 1. The van der Waals surface area contributed by atoms with Crippen molar-refractivity contribution in [1.82, 2.24) is 15.0 Å². The molecule has 0 saturated carbocycles. The van der Waals surface area contributed by atoms with E-state index in [1.807, 2.05) is 31.2 Å². The van der Waals surface area contributed by atoms with Gasteiger partial charge in [0.05, 0.1) is 16.0 Å². The number of aromatic amines is 1. The lowest BCUT2D eigenvalue weighted by atomic mass is 9.91. The molecule has 1 aromatic carbocycles. The number of nitrogens with zero attached hydrogens (tertiary/aromatic N) is 4. The molecule has 1 fully saturated rings. The smallest absolute Gasteiger partial charge is 0.203 e. The number of benzene rings is 1. The van der Waals surface area contributed by atoms with E-state index < -0.39 is 0 Å². The Bertz CT molecular complexity index is 1320. The van der Waals surface area contributed by atoms with Crippen molar-refractivity contribution in [3.63, 3.8) is 0 Å². The number of rotatable bonds is 4. The molecule has 0 radical (unpaired) electrons. The molecule has 9 heteroatoms. The maximum Gasteiger partial charge on any atom is 0.203 e. The second kappa shape index (κ2) is 8.24. The molecular formula is C23H21ClN6OS. The Balaban J connectivity index is 1.55. The first-order valence-electron chi connectivity index (χ1n) is 10.5. The van der Waals surface area contributed by atoms with Crippen LogP contribution in [0.1, 0.15) is 35.0 Å². The number of hydrogen-bond acceptors (Lipinski definition) is 7. The summed E-state index contributed by atoms with van der Waals surface area (Å²) in [5, 5.41) is 11.2. The van der Waals surface area contributed by atoms with E-state index in [-0.39, 0.29) is 17.4 Å². The fraction of sp³-hybridized carbons (Fsp3) is 0.304. The average Bonchev–Trinajstić information content (AvgIpc) is 3.37. The number of fused-ring (bicyclic) bond motifs is 2. The molecule has 3 N–H and O–H groups in total. The molecule has 2 aromatic heterocycles. The summed E-state index contributed by atoms with van der Waals surface area (Å²) in [4.78, 5) is 28.5. The third kappa shape index (κ3) is 3.56. The quantitative estimate of drug-likeness (QED) is 0.560. The number of carbonyl (C=O) groups is 1. The van der Waals surface area contributed by atoms with E-state index >= 15 is 0 Å². The van der Waals surface area contributed by atoms with Crippen LogP contribution in [0.25, 0.3) is 11.0 Å². The number of halogens is 1. The Morgan fingerprint density at radius 3 is 2.97 bits per heavy atom. The van der Waals surface area contributed by atoms with E-state index in [2.05, 4.69) is 9.88 Å². The van der Waals surface area contributed by atoms with Crippen molar-refractivity contribution in [3.05, 3.63) is 51.7 Å². The molecule has 162 valence electrons. The zero-order valence-corrected chi connectivity index (χ0v) is 19.1. The zero-order valence-electron chi connectivity index (χ0n) is 17.5. The largest absolute Gasteiger partial charge is 0.354 e. The number of Topliss-reactive ketones (excluding diaryl/α,β-unsaturated/α-hetero) is 1. The van der Waals surface area contributed by atoms with E-state index in [4.69, 9.17) is 27.3 Å². The van der Waals surface area contributed by atoms with Crippen molar-refractivity contribution in [2.45, 2.75) is 42.3 Å². The molecule has 5 rings (SSSR count). The lowest BCUT2D eigenvalue weighted by Gasteiger charge is -2.19. The van der Waals surface area contributed by atoms with Crippen LogP contribution in [0, 0.1) is 11.3 Å². The first kappa shape index (κ1) is 21.0. The number of nitrogens with two attached hydrogens (primary N) is 1. The molecule has 3 aromatic rings. The number of carbonyl (C=O) groups excluding carboxylic acids is 1. The second-order valence-electron chi connectivity index (χ2n) is 8.00. The van der Waals surface area contributed by atoms with Crippen molar-refractivity contribution in [2.75, 3.05) is 18.0 Å². The van der Waals surface area contributed by atoms with Crippen LogP contribution in [0.2, 0.25) is 5.02 Å². The van der Waals surface area contributed by atoms with Gasteiger partial charge in [0.25, 0.3) is 0 Å². The van der Waals surface area contributed by atoms with Gasteiger partial charge < -0.3 is 15.6 Å². The number of nitriles is 1. The summed E-state index contributed by atoms with van der Waals surface area (Å²) in [7, 11) is 0. The summed E-state index contributed by atoms with van der Waals surface area (Å²) in [6, 6.07) is 7.81. The van der Waals surface area contributed by atoms with Crippen molar-refractivity contribution in [1.29, 1.82) is 5.26 Å². The second-order valence-corrected chi connectivity index (χ2v) is 9.42. The van der Waals surface area contributed by atoms with Crippen molar-refractivity contribution in [3.8, 4) is 6.07 Å². The van der Waals surface area contributed by atoms with Gasteiger partial charge in [-0.05, 0) is 48.7 Å². The number of aromatic nitrogens is 3. The van der Waals surface area contributed by atoms with Gasteiger partial charge in [-0.1, -0.05) is 30.7 Å². The molecule has 3 heterocycles. The number of hydrogen-bond donors (Lipinski definition) is 2. The van der Waals surface area contributed by atoms with E-state index in [0.717, 1.165) is 53.3 Å². The maximum atomic E-state index is 12.6. The fourth-order valence-corrected chi connectivity index (χ4v) is 5.38. The van der Waals surface area contributed by atoms with Crippen LogP contribution in [0.5, 0.6) is 0 Å². The minimum atomic E-state index is -0.233. The molecule has 0 unspecified atom stereocenters. The average molecular weight is 465 g/mol. The lowest BCUT2D eigenvalue weighted by molar-refractivity contribution is 0.103. The van der Waals surface area contributed by atoms with Crippen LogP contribution in [0.15, 0.2) is 39.9 Å². The van der Waals surface area contributed by atoms with Crippen LogP contribution in [0.3, 0.4) is 0 Å². The van der Waals surface area contributed by atoms with Gasteiger partial charge >= 0.3 is 0 Å². The summed E-state index contributed by atoms with van der Waals surface area (Å²) >= 11 is 8.05. The molecule has 1 atom stereocenters. The maximum absolute atomic E-state index is 12.6. The number of ketones is 1. The third-order valence-corrected chi connectivity index (χ3v) is 7.20. The Hall–Kier alpha value is -2.86. The van der Waals surface area contributed by atoms with E-state index in [0.29, 0.717) is 27.8 Å². The Morgan fingerprint density at radius 2 is 2.25 bits per heavy atom. The monoisotopic (exact) mass is 464 g/mol. The highest BCUT2D eigenvalue weighted by Crippen LogP contribution is 2.38. The Kier molecular flexibility index (Phi) is 5.41. The minimum Gasteiger partial charge on any atom is -0.354 e. The van der Waals surface area contributed by atoms with Crippen LogP contribution >= 0.6 is 23.4 Å². The van der Waals surface area contributed by atoms with Crippen LogP contribution < -0.4 is 10.6 Å². The topological polar surface area (TPSA) is 112 Å². The van der Waals surface area contributed by atoms with Crippen molar-refractivity contribution < 1.29 is 4.79 Å². The highest BCUT2D eigenvalue weighted by Gasteiger charge is 2.26. The van der Waals surface area contributed by atoms with Crippen LogP contribution in [0.4, 0.5) is 5.82 Å². The van der Waals surface area contributed by atoms with Gasteiger partial charge in [-0.2, -0.15) is 5.26 Å². The first-order valence-corrected chi connectivity index (χ1v) is 11.7. The highest BCUT2D eigenvalue weighted by molar-refractivity contribution is 7.99. The standard InChI is InChI=1S/C23H21ClN6OS/c1-2-17-19(24)18-21(27-17)28-23(29-22(18)30-8-7-14(26)11-30)32-15-6-5-12-3-4-13(10-25)20(31)16(12)9-15/h4-6,9,14H,2-3,7-8,11,26H2,1H3,(H,27,28,29)/t14-/m1/s1. The van der Waals surface area contributed by atoms with Gasteiger partial charge in [0.2, 0.25) is 5.78 Å². The highest BCUT2D eigenvalue weighted by atomic mass is 35.5. The molecule has 1 saturated heterocycles.